The Morgan fingerprint density at radius 1 is 1.00 bits per heavy atom. The van der Waals surface area contributed by atoms with Crippen molar-refractivity contribution in [2.75, 3.05) is 44.7 Å². The first kappa shape index (κ1) is 25.1. The molecule has 2 aliphatic carbocycles. The lowest BCUT2D eigenvalue weighted by Crippen LogP contribution is -2.48. The van der Waals surface area contributed by atoms with Crippen LogP contribution in [0, 0.1) is 11.8 Å². The van der Waals surface area contributed by atoms with Crippen molar-refractivity contribution in [3.05, 3.63) is 66.0 Å². The highest BCUT2D eigenvalue weighted by Gasteiger charge is 2.34. The standard InChI is InChI=1S/C31H36N8O/c1-37(18-21-2-3-21)30-17-27(33-20-34-30)24-6-7-26-28(15-24)36-29(35-26)16-25-14-22(8-9-32-25)19-38-10-12-39(13-11-38)31(40)23-4-5-23/h6-9,14-15,17,20-21,23H,2-5,10-13,16,18-19H2,1H3,(H,35,36). The van der Waals surface area contributed by atoms with Gasteiger partial charge in [-0.2, -0.15) is 0 Å². The second-order valence-electron chi connectivity index (χ2n) is 11.7. The van der Waals surface area contributed by atoms with Crippen LogP contribution in [0.15, 0.2) is 48.9 Å². The normalized spacial score (nSPS) is 17.9. The van der Waals surface area contributed by atoms with Gasteiger partial charge in [-0.25, -0.2) is 15.0 Å². The van der Waals surface area contributed by atoms with Gasteiger partial charge in [0.25, 0.3) is 0 Å². The number of aromatic amines is 1. The topological polar surface area (TPSA) is 94.1 Å². The maximum absolute atomic E-state index is 12.4. The van der Waals surface area contributed by atoms with Crippen molar-refractivity contribution in [2.24, 2.45) is 11.8 Å². The molecule has 0 atom stereocenters. The first-order valence-corrected chi connectivity index (χ1v) is 14.5. The number of nitrogens with zero attached hydrogens (tertiary/aromatic N) is 7. The molecule has 0 spiro atoms. The second kappa shape index (κ2) is 10.6. The number of carbonyl (C=O) groups excluding carboxylic acids is 1. The van der Waals surface area contributed by atoms with Gasteiger partial charge in [0.2, 0.25) is 5.91 Å². The minimum Gasteiger partial charge on any atom is -0.359 e. The summed E-state index contributed by atoms with van der Waals surface area (Å²) in [5.41, 5.74) is 6.14. The number of imidazole rings is 1. The number of nitrogens with one attached hydrogen (secondary N) is 1. The lowest BCUT2D eigenvalue weighted by atomic mass is 10.1. The van der Waals surface area contributed by atoms with Gasteiger partial charge in [0.15, 0.2) is 0 Å². The zero-order valence-corrected chi connectivity index (χ0v) is 23.1. The summed E-state index contributed by atoms with van der Waals surface area (Å²) >= 11 is 0. The lowest BCUT2D eigenvalue weighted by molar-refractivity contribution is -0.134. The summed E-state index contributed by atoms with van der Waals surface area (Å²) in [7, 11) is 2.11. The van der Waals surface area contributed by atoms with E-state index in [-0.39, 0.29) is 0 Å². The van der Waals surface area contributed by atoms with E-state index in [2.05, 4.69) is 78.1 Å². The number of fused-ring (bicyclic) bond motifs is 1. The summed E-state index contributed by atoms with van der Waals surface area (Å²) in [5.74, 6) is 3.33. The Labute approximate surface area is 234 Å². The Morgan fingerprint density at radius 3 is 2.65 bits per heavy atom. The summed E-state index contributed by atoms with van der Waals surface area (Å²) < 4.78 is 0. The van der Waals surface area contributed by atoms with Crippen LogP contribution in [-0.4, -0.2) is 80.4 Å². The highest BCUT2D eigenvalue weighted by Crippen LogP contribution is 2.32. The van der Waals surface area contributed by atoms with E-state index < -0.39 is 0 Å². The predicted molar refractivity (Wildman–Crippen MR) is 155 cm³/mol. The van der Waals surface area contributed by atoms with Crippen molar-refractivity contribution in [1.82, 2.24) is 34.7 Å². The number of hydrogen-bond donors (Lipinski definition) is 1. The van der Waals surface area contributed by atoms with Gasteiger partial charge in [-0.05, 0) is 61.4 Å². The molecule has 4 heterocycles. The molecule has 1 saturated heterocycles. The summed E-state index contributed by atoms with van der Waals surface area (Å²) in [6, 6.07) is 12.6. The molecule has 9 nitrogen and oxygen atoms in total. The van der Waals surface area contributed by atoms with Gasteiger partial charge in [-0.15, -0.1) is 0 Å². The minimum absolute atomic E-state index is 0.308. The third kappa shape index (κ3) is 5.70. The van der Waals surface area contributed by atoms with Gasteiger partial charge in [-0.3, -0.25) is 14.7 Å². The van der Waals surface area contributed by atoms with Crippen LogP contribution in [0.3, 0.4) is 0 Å². The molecule has 40 heavy (non-hydrogen) atoms. The first-order chi connectivity index (χ1) is 19.6. The molecular formula is C31H36N8O. The van der Waals surface area contributed by atoms with Crippen LogP contribution in [0.5, 0.6) is 0 Å². The van der Waals surface area contributed by atoms with Crippen molar-refractivity contribution in [1.29, 1.82) is 0 Å². The minimum atomic E-state index is 0.308. The fraction of sp³-hybridized carbons (Fsp3) is 0.452. The quantitative estimate of drug-likeness (QED) is 0.347. The number of anilines is 1. The van der Waals surface area contributed by atoms with Crippen LogP contribution in [-0.2, 0) is 17.8 Å². The van der Waals surface area contributed by atoms with Crippen LogP contribution in [0.25, 0.3) is 22.3 Å². The Balaban J connectivity index is 1.00. The van der Waals surface area contributed by atoms with E-state index in [4.69, 9.17) is 4.98 Å². The molecule has 4 aromatic rings. The van der Waals surface area contributed by atoms with E-state index in [1.807, 2.05) is 6.20 Å². The van der Waals surface area contributed by atoms with Gasteiger partial charge in [-0.1, -0.05) is 6.07 Å². The monoisotopic (exact) mass is 536 g/mol. The fourth-order valence-electron chi connectivity index (χ4n) is 5.67. The maximum atomic E-state index is 12.4. The van der Waals surface area contributed by atoms with E-state index in [9.17, 15) is 4.79 Å². The molecule has 1 aromatic carbocycles. The molecule has 0 radical (unpaired) electrons. The van der Waals surface area contributed by atoms with Crippen molar-refractivity contribution < 1.29 is 4.79 Å². The largest absolute Gasteiger partial charge is 0.359 e. The number of H-pyrrole nitrogens is 1. The van der Waals surface area contributed by atoms with Crippen LogP contribution in [0.4, 0.5) is 5.82 Å². The number of rotatable bonds is 9. The van der Waals surface area contributed by atoms with E-state index >= 15 is 0 Å². The summed E-state index contributed by atoms with van der Waals surface area (Å²) in [5, 5.41) is 0. The number of carbonyl (C=O) groups is 1. The van der Waals surface area contributed by atoms with E-state index in [1.165, 1.54) is 18.4 Å². The highest BCUT2D eigenvalue weighted by atomic mass is 16.2. The predicted octanol–water partition coefficient (Wildman–Crippen LogP) is 3.91. The smallest absolute Gasteiger partial charge is 0.225 e. The third-order valence-corrected chi connectivity index (χ3v) is 8.35. The summed E-state index contributed by atoms with van der Waals surface area (Å²) in [6.45, 7) is 5.44. The van der Waals surface area contributed by atoms with Crippen molar-refractivity contribution in [3.63, 3.8) is 0 Å². The van der Waals surface area contributed by atoms with Gasteiger partial charge in [0.1, 0.15) is 18.0 Å². The van der Waals surface area contributed by atoms with E-state index in [1.54, 1.807) is 6.33 Å². The SMILES string of the molecule is CN(CC1CC1)c1cc(-c2ccc3nc(Cc4cc(CN5CCN(C(=O)C6CC6)CC5)ccn4)[nH]c3c2)ncn1. The Kier molecular flexibility index (Phi) is 6.67. The third-order valence-electron chi connectivity index (χ3n) is 8.35. The second-order valence-corrected chi connectivity index (χ2v) is 11.7. The van der Waals surface area contributed by atoms with Crippen LogP contribution in [0.1, 0.15) is 42.8 Å². The lowest BCUT2D eigenvalue weighted by Gasteiger charge is -2.35. The summed E-state index contributed by atoms with van der Waals surface area (Å²) in [6.07, 6.45) is 8.99. The van der Waals surface area contributed by atoms with Crippen LogP contribution in [0.2, 0.25) is 0 Å². The molecule has 3 fully saturated rings. The molecule has 7 rings (SSSR count). The molecule has 0 bridgehead atoms. The molecule has 9 heteroatoms. The number of pyridine rings is 1. The molecular weight excluding hydrogens is 500 g/mol. The van der Waals surface area contributed by atoms with Crippen molar-refractivity contribution in [3.8, 4) is 11.3 Å². The Bertz CT molecular complexity index is 1520. The van der Waals surface area contributed by atoms with Crippen molar-refractivity contribution in [2.45, 2.75) is 38.6 Å². The molecule has 1 amide bonds. The van der Waals surface area contributed by atoms with Gasteiger partial charge in [0, 0.05) is 82.2 Å². The molecule has 3 aromatic heterocycles. The zero-order chi connectivity index (χ0) is 27.1. The zero-order valence-electron chi connectivity index (χ0n) is 23.1. The van der Waals surface area contributed by atoms with E-state index in [0.717, 1.165) is 97.7 Å². The molecule has 1 aliphatic heterocycles. The molecule has 2 saturated carbocycles. The number of hydrogen-bond acceptors (Lipinski definition) is 7. The first-order valence-electron chi connectivity index (χ1n) is 14.5. The Hall–Kier alpha value is -3.85. The number of piperazine rings is 1. The highest BCUT2D eigenvalue weighted by molar-refractivity contribution is 5.82. The van der Waals surface area contributed by atoms with Crippen molar-refractivity contribution >= 4 is 22.8 Å². The van der Waals surface area contributed by atoms with Crippen LogP contribution < -0.4 is 4.90 Å². The number of aromatic nitrogens is 5. The maximum Gasteiger partial charge on any atom is 0.225 e. The van der Waals surface area contributed by atoms with Crippen LogP contribution >= 0.6 is 0 Å². The van der Waals surface area contributed by atoms with Gasteiger partial charge < -0.3 is 14.8 Å². The van der Waals surface area contributed by atoms with E-state index in [0.29, 0.717) is 18.2 Å². The number of amides is 1. The molecule has 206 valence electrons. The Morgan fingerprint density at radius 2 is 1.85 bits per heavy atom. The van der Waals surface area contributed by atoms with Gasteiger partial charge >= 0.3 is 0 Å². The molecule has 1 N–H and O–H groups in total. The molecule has 3 aliphatic rings. The molecule has 0 unspecified atom stereocenters. The summed E-state index contributed by atoms with van der Waals surface area (Å²) in [4.78, 5) is 41.1. The average Bonchev–Trinajstić information content (AvgIpc) is 3.91. The fourth-order valence-corrected chi connectivity index (χ4v) is 5.67. The number of benzene rings is 1. The average molecular weight is 537 g/mol. The van der Waals surface area contributed by atoms with Gasteiger partial charge in [0.05, 0.1) is 16.7 Å².